The predicted octanol–water partition coefficient (Wildman–Crippen LogP) is 2.20. The predicted molar refractivity (Wildman–Crippen MR) is 104 cm³/mol. The first-order valence-corrected chi connectivity index (χ1v) is 10.2. The maximum absolute atomic E-state index is 12.6. The molecule has 2 aliphatic heterocycles. The van der Waals surface area contributed by atoms with Crippen molar-refractivity contribution in [1.82, 2.24) is 14.7 Å². The Morgan fingerprint density at radius 1 is 1.04 bits per heavy atom. The van der Waals surface area contributed by atoms with Gasteiger partial charge < -0.3 is 10.0 Å². The normalized spacial score (nSPS) is 29.1. The number of hydrogen-bond acceptors (Lipinski definition) is 4. The number of fused-ring (bicyclic) bond motifs is 2. The summed E-state index contributed by atoms with van der Waals surface area (Å²) in [5, 5.41) is 15.8. The Hall–Kier alpha value is -2.47. The average molecular weight is 379 g/mol. The van der Waals surface area contributed by atoms with Gasteiger partial charge in [0.1, 0.15) is 0 Å². The fourth-order valence-corrected chi connectivity index (χ4v) is 4.96. The third-order valence-electron chi connectivity index (χ3n) is 6.41. The summed E-state index contributed by atoms with van der Waals surface area (Å²) in [4.78, 5) is 27.1. The largest absolute Gasteiger partial charge is 0.388 e. The second-order valence-electron chi connectivity index (χ2n) is 8.62. The molecule has 6 heteroatoms. The second kappa shape index (κ2) is 6.55. The zero-order valence-electron chi connectivity index (χ0n) is 15.8. The van der Waals surface area contributed by atoms with E-state index in [-0.39, 0.29) is 36.0 Å². The fourth-order valence-electron chi connectivity index (χ4n) is 4.96. The standard InChI is InChI=1S/C22H25N3O3/c26-20-11-10-19(15-4-2-1-3-5-15)23-24(20)14-22(28)12-17-8-9-18(13-22)25(17)21(27)16-6-7-16/h1-5,10-11,16-18,28H,6-9,12-14H2. The highest BCUT2D eigenvalue weighted by molar-refractivity contribution is 5.82. The molecule has 1 aromatic heterocycles. The van der Waals surface area contributed by atoms with E-state index in [1.807, 2.05) is 35.2 Å². The SMILES string of the molecule is O=C(C1CC1)N1C2CCC1CC(O)(Cn1nc(-c3ccccc3)ccc1=O)C2. The monoisotopic (exact) mass is 379 g/mol. The van der Waals surface area contributed by atoms with E-state index in [2.05, 4.69) is 5.10 Å². The van der Waals surface area contributed by atoms with Gasteiger partial charge in [-0.05, 0) is 44.6 Å². The van der Waals surface area contributed by atoms with Gasteiger partial charge in [0.15, 0.2) is 0 Å². The van der Waals surface area contributed by atoms with E-state index in [0.717, 1.165) is 31.2 Å². The van der Waals surface area contributed by atoms with Gasteiger partial charge in [-0.25, -0.2) is 4.68 Å². The van der Waals surface area contributed by atoms with Crippen LogP contribution in [0.3, 0.4) is 0 Å². The third-order valence-corrected chi connectivity index (χ3v) is 6.41. The molecule has 1 aromatic carbocycles. The molecule has 146 valence electrons. The van der Waals surface area contributed by atoms with Gasteiger partial charge in [-0.2, -0.15) is 5.10 Å². The Kier molecular flexibility index (Phi) is 4.12. The molecule has 5 rings (SSSR count). The molecule has 0 spiro atoms. The van der Waals surface area contributed by atoms with Crippen molar-refractivity contribution in [1.29, 1.82) is 0 Å². The van der Waals surface area contributed by atoms with Crippen LogP contribution < -0.4 is 5.56 Å². The van der Waals surface area contributed by atoms with Crippen molar-refractivity contribution in [3.05, 3.63) is 52.8 Å². The molecule has 1 N–H and O–H groups in total. The summed E-state index contributed by atoms with van der Waals surface area (Å²) in [7, 11) is 0. The summed E-state index contributed by atoms with van der Waals surface area (Å²) in [5.74, 6) is 0.483. The Morgan fingerprint density at radius 2 is 1.71 bits per heavy atom. The number of carbonyl (C=O) groups excluding carboxylic acids is 1. The molecule has 28 heavy (non-hydrogen) atoms. The van der Waals surface area contributed by atoms with Crippen molar-refractivity contribution in [2.45, 2.75) is 62.8 Å². The van der Waals surface area contributed by atoms with E-state index in [0.29, 0.717) is 18.5 Å². The van der Waals surface area contributed by atoms with Gasteiger partial charge in [0.05, 0.1) is 17.8 Å². The lowest BCUT2D eigenvalue weighted by Crippen LogP contribution is -2.55. The Bertz CT molecular complexity index is 937. The average Bonchev–Trinajstić information content (AvgIpc) is 3.49. The Morgan fingerprint density at radius 3 is 2.36 bits per heavy atom. The first kappa shape index (κ1) is 17.6. The highest BCUT2D eigenvalue weighted by atomic mass is 16.3. The smallest absolute Gasteiger partial charge is 0.266 e. The Balaban J connectivity index is 1.38. The number of hydrogen-bond donors (Lipinski definition) is 1. The summed E-state index contributed by atoms with van der Waals surface area (Å²) in [6.07, 6.45) is 4.93. The van der Waals surface area contributed by atoms with Crippen LogP contribution >= 0.6 is 0 Å². The minimum Gasteiger partial charge on any atom is -0.388 e. The van der Waals surface area contributed by atoms with Gasteiger partial charge >= 0.3 is 0 Å². The van der Waals surface area contributed by atoms with E-state index in [1.54, 1.807) is 6.07 Å². The van der Waals surface area contributed by atoms with Crippen molar-refractivity contribution in [2.75, 3.05) is 0 Å². The van der Waals surface area contributed by atoms with Crippen molar-refractivity contribution < 1.29 is 9.90 Å². The van der Waals surface area contributed by atoms with Crippen LogP contribution in [0, 0.1) is 5.92 Å². The highest BCUT2D eigenvalue weighted by Crippen LogP contribution is 2.44. The van der Waals surface area contributed by atoms with Crippen molar-refractivity contribution in [3.8, 4) is 11.3 Å². The maximum atomic E-state index is 12.6. The van der Waals surface area contributed by atoms with Gasteiger partial charge in [0, 0.05) is 29.6 Å². The molecule has 2 bridgehead atoms. The van der Waals surface area contributed by atoms with E-state index in [1.165, 1.54) is 10.7 Å². The van der Waals surface area contributed by atoms with Gasteiger partial charge in [0.2, 0.25) is 5.91 Å². The molecule has 3 aliphatic rings. The number of piperidine rings is 1. The van der Waals surface area contributed by atoms with Crippen LogP contribution in [0.5, 0.6) is 0 Å². The van der Waals surface area contributed by atoms with Crippen molar-refractivity contribution >= 4 is 5.91 Å². The fraction of sp³-hybridized carbons (Fsp3) is 0.500. The number of benzene rings is 1. The molecule has 2 aromatic rings. The molecule has 2 atom stereocenters. The van der Waals surface area contributed by atoms with Crippen LogP contribution in [0.2, 0.25) is 0 Å². The lowest BCUT2D eigenvalue weighted by molar-refractivity contribution is -0.143. The van der Waals surface area contributed by atoms with E-state index >= 15 is 0 Å². The molecule has 1 aliphatic carbocycles. The maximum Gasteiger partial charge on any atom is 0.266 e. The number of aromatic nitrogens is 2. The van der Waals surface area contributed by atoms with Crippen LogP contribution in [0.4, 0.5) is 0 Å². The topological polar surface area (TPSA) is 75.4 Å². The third kappa shape index (κ3) is 3.15. The molecule has 6 nitrogen and oxygen atoms in total. The number of rotatable bonds is 4. The molecule has 1 amide bonds. The molecule has 3 heterocycles. The molecule has 1 saturated carbocycles. The summed E-state index contributed by atoms with van der Waals surface area (Å²) >= 11 is 0. The number of carbonyl (C=O) groups is 1. The quantitative estimate of drug-likeness (QED) is 0.884. The van der Waals surface area contributed by atoms with Crippen LogP contribution in [-0.2, 0) is 11.3 Å². The number of nitrogens with zero attached hydrogens (tertiary/aromatic N) is 3. The molecular weight excluding hydrogens is 354 g/mol. The molecule has 2 saturated heterocycles. The van der Waals surface area contributed by atoms with Gasteiger partial charge in [-0.3, -0.25) is 9.59 Å². The molecule has 2 unspecified atom stereocenters. The zero-order valence-corrected chi connectivity index (χ0v) is 15.8. The van der Waals surface area contributed by atoms with Gasteiger partial charge in [-0.1, -0.05) is 30.3 Å². The Labute approximate surface area is 163 Å². The number of amides is 1. The van der Waals surface area contributed by atoms with Gasteiger partial charge in [-0.15, -0.1) is 0 Å². The van der Waals surface area contributed by atoms with E-state index < -0.39 is 5.60 Å². The summed E-state index contributed by atoms with van der Waals surface area (Å²) < 4.78 is 1.39. The highest BCUT2D eigenvalue weighted by Gasteiger charge is 2.51. The van der Waals surface area contributed by atoms with Crippen molar-refractivity contribution in [2.24, 2.45) is 5.92 Å². The minimum atomic E-state index is -1.00. The molecular formula is C22H25N3O3. The molecule has 0 radical (unpaired) electrons. The van der Waals surface area contributed by atoms with Crippen LogP contribution in [0.1, 0.15) is 38.5 Å². The summed E-state index contributed by atoms with van der Waals surface area (Å²) in [6, 6.07) is 13.1. The first-order chi connectivity index (χ1) is 13.5. The van der Waals surface area contributed by atoms with Crippen LogP contribution in [0.15, 0.2) is 47.3 Å². The summed E-state index contributed by atoms with van der Waals surface area (Å²) in [6.45, 7) is 0.172. The second-order valence-corrected chi connectivity index (χ2v) is 8.62. The minimum absolute atomic E-state index is 0.0878. The first-order valence-electron chi connectivity index (χ1n) is 10.2. The molecule has 3 fully saturated rings. The van der Waals surface area contributed by atoms with E-state index in [4.69, 9.17) is 0 Å². The number of aliphatic hydroxyl groups is 1. The van der Waals surface area contributed by atoms with E-state index in [9.17, 15) is 14.7 Å². The van der Waals surface area contributed by atoms with Crippen LogP contribution in [-0.4, -0.2) is 43.4 Å². The lowest BCUT2D eigenvalue weighted by atomic mass is 9.85. The lowest BCUT2D eigenvalue weighted by Gasteiger charge is -2.44. The summed E-state index contributed by atoms with van der Waals surface area (Å²) in [5.41, 5.74) is 0.441. The van der Waals surface area contributed by atoms with Gasteiger partial charge in [0.25, 0.3) is 5.56 Å². The van der Waals surface area contributed by atoms with Crippen LogP contribution in [0.25, 0.3) is 11.3 Å². The van der Waals surface area contributed by atoms with Crippen molar-refractivity contribution in [3.63, 3.8) is 0 Å². The zero-order chi connectivity index (χ0) is 19.3.